The van der Waals surface area contributed by atoms with Crippen molar-refractivity contribution < 1.29 is 17.9 Å². The standard InChI is InChI=1S/C22H29N5O4S/c1-4-26-20-9-8-18(32(29,30)25-10-6-5-7-11-25)13-19(20)23-21(26)15-31-22(28)14-27-17(3)12-16(2)24-27/h8-9,12-13H,4-7,10-11,14-15H2,1-3H3. The van der Waals surface area contributed by atoms with Gasteiger partial charge in [0.1, 0.15) is 19.0 Å². The maximum atomic E-state index is 13.0. The number of nitrogens with zero attached hydrogens (tertiary/aromatic N) is 5. The lowest BCUT2D eigenvalue weighted by Crippen LogP contribution is -2.35. The monoisotopic (exact) mass is 459 g/mol. The number of hydrogen-bond donors (Lipinski definition) is 0. The van der Waals surface area contributed by atoms with E-state index in [1.165, 1.54) is 0 Å². The number of sulfonamides is 1. The van der Waals surface area contributed by atoms with E-state index in [-0.39, 0.29) is 18.0 Å². The Labute approximate surface area is 188 Å². The van der Waals surface area contributed by atoms with Crippen molar-refractivity contribution in [3.05, 3.63) is 41.5 Å². The van der Waals surface area contributed by atoms with Gasteiger partial charge in [0.05, 0.1) is 21.6 Å². The Morgan fingerprint density at radius 2 is 1.88 bits per heavy atom. The molecule has 3 heterocycles. The van der Waals surface area contributed by atoms with Crippen molar-refractivity contribution in [3.63, 3.8) is 0 Å². The van der Waals surface area contributed by atoms with Gasteiger partial charge in [-0.3, -0.25) is 9.48 Å². The fourth-order valence-corrected chi connectivity index (χ4v) is 5.72. The molecule has 1 aliphatic heterocycles. The second-order valence-corrected chi connectivity index (χ2v) is 10.1. The highest BCUT2D eigenvalue weighted by molar-refractivity contribution is 7.89. The van der Waals surface area contributed by atoms with Gasteiger partial charge < -0.3 is 9.30 Å². The van der Waals surface area contributed by atoms with E-state index in [0.717, 1.165) is 36.2 Å². The maximum Gasteiger partial charge on any atom is 0.328 e. The number of ether oxygens (including phenoxy) is 1. The minimum atomic E-state index is -3.54. The Balaban J connectivity index is 1.53. The molecule has 4 rings (SSSR count). The molecule has 0 aliphatic carbocycles. The van der Waals surface area contributed by atoms with Crippen LogP contribution in [0.1, 0.15) is 43.4 Å². The van der Waals surface area contributed by atoms with Crippen LogP contribution < -0.4 is 0 Å². The normalized spacial score (nSPS) is 15.3. The van der Waals surface area contributed by atoms with Crippen molar-refractivity contribution in [2.45, 2.75) is 64.6 Å². The van der Waals surface area contributed by atoms with Crippen LogP contribution in [0.3, 0.4) is 0 Å². The van der Waals surface area contributed by atoms with Gasteiger partial charge in [0.15, 0.2) is 0 Å². The smallest absolute Gasteiger partial charge is 0.328 e. The summed E-state index contributed by atoms with van der Waals surface area (Å²) in [6.07, 6.45) is 2.84. The highest BCUT2D eigenvalue weighted by Gasteiger charge is 2.26. The van der Waals surface area contributed by atoms with Crippen molar-refractivity contribution in [2.75, 3.05) is 13.1 Å². The molecule has 0 bridgehead atoms. The number of aryl methyl sites for hydroxylation is 3. The van der Waals surface area contributed by atoms with Crippen LogP contribution in [0.5, 0.6) is 0 Å². The van der Waals surface area contributed by atoms with E-state index in [2.05, 4.69) is 10.1 Å². The van der Waals surface area contributed by atoms with Crippen molar-refractivity contribution in [1.82, 2.24) is 23.6 Å². The lowest BCUT2D eigenvalue weighted by molar-refractivity contribution is -0.146. The molecule has 2 aromatic heterocycles. The van der Waals surface area contributed by atoms with E-state index in [1.807, 2.05) is 31.4 Å². The van der Waals surface area contributed by atoms with Gasteiger partial charge >= 0.3 is 5.97 Å². The molecule has 0 radical (unpaired) electrons. The number of esters is 1. The first kappa shape index (κ1) is 22.5. The van der Waals surface area contributed by atoms with Gasteiger partial charge in [0, 0.05) is 25.3 Å². The number of rotatable bonds is 7. The van der Waals surface area contributed by atoms with Gasteiger partial charge in [-0.2, -0.15) is 9.40 Å². The molecule has 172 valence electrons. The zero-order valence-corrected chi connectivity index (χ0v) is 19.6. The number of aromatic nitrogens is 4. The van der Waals surface area contributed by atoms with Crippen LogP contribution in [0.25, 0.3) is 11.0 Å². The fourth-order valence-electron chi connectivity index (χ4n) is 4.19. The van der Waals surface area contributed by atoms with Crippen LogP contribution >= 0.6 is 0 Å². The minimum absolute atomic E-state index is 0.00879. The number of benzene rings is 1. The third-order valence-corrected chi connectivity index (χ3v) is 7.71. The average molecular weight is 460 g/mol. The second-order valence-electron chi connectivity index (χ2n) is 8.13. The molecule has 32 heavy (non-hydrogen) atoms. The number of carbonyl (C=O) groups is 1. The minimum Gasteiger partial charge on any atom is -0.456 e. The van der Waals surface area contributed by atoms with Gasteiger partial charge in [-0.1, -0.05) is 6.42 Å². The van der Waals surface area contributed by atoms with E-state index < -0.39 is 16.0 Å². The molecule has 0 unspecified atom stereocenters. The molecule has 1 fully saturated rings. The second kappa shape index (κ2) is 9.03. The number of carbonyl (C=O) groups excluding carboxylic acids is 1. The molecule has 10 heteroatoms. The number of imidazole rings is 1. The van der Waals surface area contributed by atoms with Gasteiger partial charge in [0.2, 0.25) is 10.0 Å². The van der Waals surface area contributed by atoms with Crippen LogP contribution in [0.15, 0.2) is 29.2 Å². The highest BCUT2D eigenvalue weighted by Crippen LogP contribution is 2.25. The topological polar surface area (TPSA) is 99.3 Å². The molecule has 1 saturated heterocycles. The molecule has 0 atom stereocenters. The Bertz CT molecular complexity index is 1240. The fraction of sp³-hybridized carbons (Fsp3) is 0.500. The summed E-state index contributed by atoms with van der Waals surface area (Å²) in [7, 11) is -3.54. The van der Waals surface area contributed by atoms with Crippen LogP contribution in [-0.2, 0) is 39.3 Å². The molecule has 3 aromatic rings. The third-order valence-electron chi connectivity index (χ3n) is 5.81. The van der Waals surface area contributed by atoms with Crippen molar-refractivity contribution in [1.29, 1.82) is 0 Å². The molecule has 1 aromatic carbocycles. The zero-order valence-electron chi connectivity index (χ0n) is 18.7. The lowest BCUT2D eigenvalue weighted by atomic mass is 10.2. The first-order chi connectivity index (χ1) is 15.3. The van der Waals surface area contributed by atoms with Crippen LogP contribution in [0.2, 0.25) is 0 Å². The molecular weight excluding hydrogens is 430 g/mol. The zero-order chi connectivity index (χ0) is 22.9. The summed E-state index contributed by atoms with van der Waals surface area (Å²) < 4.78 is 36.6. The van der Waals surface area contributed by atoms with E-state index in [1.54, 1.807) is 27.2 Å². The largest absolute Gasteiger partial charge is 0.456 e. The predicted molar refractivity (Wildman–Crippen MR) is 120 cm³/mol. The predicted octanol–water partition coefficient (Wildman–Crippen LogP) is 2.79. The first-order valence-electron chi connectivity index (χ1n) is 11.0. The van der Waals surface area contributed by atoms with Crippen molar-refractivity contribution in [2.24, 2.45) is 0 Å². The average Bonchev–Trinajstić information content (AvgIpc) is 3.30. The summed E-state index contributed by atoms with van der Waals surface area (Å²) >= 11 is 0. The van der Waals surface area contributed by atoms with E-state index in [9.17, 15) is 13.2 Å². The number of fused-ring (bicyclic) bond motifs is 1. The quantitative estimate of drug-likeness (QED) is 0.504. The third kappa shape index (κ3) is 4.42. The SMILES string of the molecule is CCn1c(COC(=O)Cn2nc(C)cc2C)nc2cc(S(=O)(=O)N3CCCCC3)ccc21. The summed E-state index contributed by atoms with van der Waals surface area (Å²) in [5.41, 5.74) is 3.13. The number of piperidine rings is 1. The van der Waals surface area contributed by atoms with Crippen LogP contribution in [0, 0.1) is 13.8 Å². The summed E-state index contributed by atoms with van der Waals surface area (Å²) in [5.74, 6) is 0.177. The molecule has 0 spiro atoms. The Morgan fingerprint density at radius 3 is 2.53 bits per heavy atom. The van der Waals surface area contributed by atoms with Crippen molar-refractivity contribution >= 4 is 27.0 Å². The Kier molecular flexibility index (Phi) is 6.34. The van der Waals surface area contributed by atoms with E-state index >= 15 is 0 Å². The summed E-state index contributed by atoms with van der Waals surface area (Å²) in [4.78, 5) is 17.2. The molecule has 0 amide bonds. The Hall–Kier alpha value is -2.72. The highest BCUT2D eigenvalue weighted by atomic mass is 32.2. The van der Waals surface area contributed by atoms with Gasteiger partial charge in [-0.05, 0) is 57.9 Å². The number of hydrogen-bond acceptors (Lipinski definition) is 6. The molecule has 0 N–H and O–H groups in total. The summed E-state index contributed by atoms with van der Waals surface area (Å²) in [6, 6.07) is 6.94. The van der Waals surface area contributed by atoms with Gasteiger partial charge in [-0.25, -0.2) is 13.4 Å². The first-order valence-corrected chi connectivity index (χ1v) is 12.4. The maximum absolute atomic E-state index is 13.0. The molecular formula is C22H29N5O4S. The van der Waals surface area contributed by atoms with Gasteiger partial charge in [0.25, 0.3) is 0 Å². The Morgan fingerprint density at radius 1 is 1.12 bits per heavy atom. The lowest BCUT2D eigenvalue weighted by Gasteiger charge is -2.25. The summed E-state index contributed by atoms with van der Waals surface area (Å²) in [6.45, 7) is 7.51. The van der Waals surface area contributed by atoms with Gasteiger partial charge in [-0.15, -0.1) is 0 Å². The van der Waals surface area contributed by atoms with Crippen LogP contribution in [-0.4, -0.2) is 51.1 Å². The molecule has 9 nitrogen and oxygen atoms in total. The van der Waals surface area contributed by atoms with Crippen molar-refractivity contribution in [3.8, 4) is 0 Å². The van der Waals surface area contributed by atoms with Crippen LogP contribution in [0.4, 0.5) is 0 Å². The summed E-state index contributed by atoms with van der Waals surface area (Å²) in [5, 5.41) is 4.28. The van der Waals surface area contributed by atoms with E-state index in [4.69, 9.17) is 4.74 Å². The molecule has 1 aliphatic rings. The molecule has 0 saturated carbocycles. The van der Waals surface area contributed by atoms with E-state index in [0.29, 0.717) is 31.0 Å².